The van der Waals surface area contributed by atoms with Crippen LogP contribution in [0.5, 0.6) is 0 Å². The Kier molecular flexibility index (Phi) is 8.04. The molecule has 3 aromatic carbocycles. The lowest BCUT2D eigenvalue weighted by molar-refractivity contribution is 0.134. The minimum absolute atomic E-state index is 0.00985. The number of benzene rings is 3. The Morgan fingerprint density at radius 3 is 2.39 bits per heavy atom. The first-order valence-corrected chi connectivity index (χ1v) is 12.1. The van der Waals surface area contributed by atoms with Crippen molar-refractivity contribution in [3.05, 3.63) is 72.3 Å². The van der Waals surface area contributed by atoms with Crippen molar-refractivity contribution in [2.45, 2.75) is 11.0 Å². The third-order valence-electron chi connectivity index (χ3n) is 5.49. The summed E-state index contributed by atoms with van der Waals surface area (Å²) in [7, 11) is -0.210. The summed E-state index contributed by atoms with van der Waals surface area (Å²) in [5.74, 6) is 0.00985. The molecule has 0 aliphatic heterocycles. The second-order valence-electron chi connectivity index (χ2n) is 8.09. The minimum Gasteiger partial charge on any atom is -0.390 e. The van der Waals surface area contributed by atoms with E-state index in [1.54, 1.807) is 43.4 Å². The summed E-state index contributed by atoms with van der Waals surface area (Å²) in [5.41, 5.74) is 6.92. The van der Waals surface area contributed by atoms with Crippen LogP contribution >= 0.6 is 0 Å². The van der Waals surface area contributed by atoms with Gasteiger partial charge in [-0.2, -0.15) is 4.31 Å². The minimum atomic E-state index is -3.64. The molecule has 0 heterocycles. The van der Waals surface area contributed by atoms with Crippen LogP contribution in [0.4, 0.5) is 5.69 Å². The van der Waals surface area contributed by atoms with Gasteiger partial charge in [-0.25, -0.2) is 8.42 Å². The van der Waals surface area contributed by atoms with E-state index < -0.39 is 16.1 Å². The normalized spacial score (nSPS) is 12.9. The largest absolute Gasteiger partial charge is 0.390 e. The molecule has 8 nitrogen and oxygen atoms in total. The van der Waals surface area contributed by atoms with Gasteiger partial charge in [-0.3, -0.25) is 5.41 Å². The monoisotopic (exact) mass is 469 g/mol. The maximum absolute atomic E-state index is 13.1. The van der Waals surface area contributed by atoms with Gasteiger partial charge in [0, 0.05) is 49.9 Å². The number of nitrogen functional groups attached to an aromatic ring is 1. The first kappa shape index (κ1) is 24.7. The molecule has 0 amide bonds. The molecule has 3 aromatic rings. The number of aliphatic hydroxyl groups is 1. The van der Waals surface area contributed by atoms with Crippen molar-refractivity contribution in [1.82, 2.24) is 9.21 Å². The molecular formula is C24H31N5O3S. The maximum Gasteiger partial charge on any atom is 0.243 e. The van der Waals surface area contributed by atoms with Crippen LogP contribution in [0, 0.1) is 5.41 Å². The van der Waals surface area contributed by atoms with E-state index in [2.05, 4.69) is 5.32 Å². The lowest BCUT2D eigenvalue weighted by Crippen LogP contribution is -2.39. The molecule has 3 rings (SSSR count). The molecule has 176 valence electrons. The molecule has 1 unspecified atom stereocenters. The summed E-state index contributed by atoms with van der Waals surface area (Å²) in [6, 6.07) is 19.8. The average Bonchev–Trinajstić information content (AvgIpc) is 2.81. The van der Waals surface area contributed by atoms with Gasteiger partial charge in [0.25, 0.3) is 0 Å². The number of anilines is 1. The van der Waals surface area contributed by atoms with Gasteiger partial charge in [-0.15, -0.1) is 0 Å². The molecule has 0 saturated carbocycles. The van der Waals surface area contributed by atoms with Crippen LogP contribution < -0.4 is 11.1 Å². The average molecular weight is 470 g/mol. The lowest BCUT2D eigenvalue weighted by Gasteiger charge is -2.24. The topological polar surface area (TPSA) is 123 Å². The van der Waals surface area contributed by atoms with E-state index in [0.29, 0.717) is 42.0 Å². The van der Waals surface area contributed by atoms with Crippen LogP contribution in [0.2, 0.25) is 0 Å². The van der Waals surface area contributed by atoms with E-state index in [-0.39, 0.29) is 5.84 Å². The van der Waals surface area contributed by atoms with Crippen molar-refractivity contribution in [3.63, 3.8) is 0 Å². The highest BCUT2D eigenvalue weighted by molar-refractivity contribution is 7.89. The van der Waals surface area contributed by atoms with Gasteiger partial charge in [0.15, 0.2) is 0 Å². The number of likely N-dealkylation sites (N-methyl/N-ethyl adjacent to an activating group) is 2. The Balaban J connectivity index is 1.51. The molecule has 33 heavy (non-hydrogen) atoms. The second-order valence-corrected chi connectivity index (χ2v) is 10.1. The summed E-state index contributed by atoms with van der Waals surface area (Å²) in [6.45, 7) is 1.51. The van der Waals surface area contributed by atoms with E-state index in [4.69, 9.17) is 11.1 Å². The van der Waals surface area contributed by atoms with Gasteiger partial charge in [-0.05, 0) is 42.8 Å². The number of hydrogen-bond donors (Lipinski definition) is 4. The van der Waals surface area contributed by atoms with E-state index in [0.717, 1.165) is 11.1 Å². The predicted molar refractivity (Wildman–Crippen MR) is 133 cm³/mol. The highest BCUT2D eigenvalue weighted by Crippen LogP contribution is 2.25. The van der Waals surface area contributed by atoms with Crippen LogP contribution in [0.15, 0.2) is 71.6 Å². The van der Waals surface area contributed by atoms with Crippen LogP contribution in [0.3, 0.4) is 0 Å². The fraction of sp³-hybridized carbons (Fsp3) is 0.292. The molecule has 0 saturated heterocycles. The fourth-order valence-corrected chi connectivity index (χ4v) is 4.91. The smallest absolute Gasteiger partial charge is 0.243 e. The number of rotatable bonds is 11. The molecular weight excluding hydrogens is 438 g/mol. The van der Waals surface area contributed by atoms with E-state index >= 15 is 0 Å². The SMILES string of the molecule is CN(CCN(C)S(=O)(=O)c1cccc2ccccc12)CC(O)CNc1ccc(C(=N)N)cc1. The Labute approximate surface area is 195 Å². The molecule has 9 heteroatoms. The predicted octanol–water partition coefficient (Wildman–Crippen LogP) is 2.15. The van der Waals surface area contributed by atoms with Crippen LogP contribution in [-0.2, 0) is 10.0 Å². The number of aliphatic hydroxyl groups excluding tert-OH is 1. The summed E-state index contributed by atoms with van der Waals surface area (Å²) in [5, 5.41) is 22.5. The maximum atomic E-state index is 13.1. The quantitative estimate of drug-likeness (QED) is 0.252. The van der Waals surface area contributed by atoms with Crippen molar-refractivity contribution >= 4 is 32.3 Å². The number of sulfonamides is 1. The first-order valence-electron chi connectivity index (χ1n) is 10.7. The van der Waals surface area contributed by atoms with Gasteiger partial charge in [0.1, 0.15) is 5.84 Å². The Morgan fingerprint density at radius 2 is 1.70 bits per heavy atom. The van der Waals surface area contributed by atoms with Crippen molar-refractivity contribution in [2.75, 3.05) is 45.6 Å². The third kappa shape index (κ3) is 6.29. The van der Waals surface area contributed by atoms with Crippen LogP contribution in [-0.4, -0.2) is 74.9 Å². The molecule has 0 fully saturated rings. The van der Waals surface area contributed by atoms with Crippen molar-refractivity contribution < 1.29 is 13.5 Å². The fourth-order valence-electron chi connectivity index (χ4n) is 3.54. The molecule has 0 spiro atoms. The number of nitrogens with one attached hydrogen (secondary N) is 2. The second kappa shape index (κ2) is 10.8. The molecule has 0 aliphatic carbocycles. The van der Waals surface area contributed by atoms with Gasteiger partial charge < -0.3 is 21.1 Å². The number of fused-ring (bicyclic) bond motifs is 1. The summed E-state index contributed by atoms with van der Waals surface area (Å²) in [4.78, 5) is 2.20. The molecule has 0 aromatic heterocycles. The van der Waals surface area contributed by atoms with Gasteiger partial charge >= 0.3 is 0 Å². The van der Waals surface area contributed by atoms with Gasteiger partial charge in [-0.1, -0.05) is 36.4 Å². The molecule has 0 bridgehead atoms. The Bertz CT molecular complexity index is 1190. The van der Waals surface area contributed by atoms with E-state index in [1.165, 1.54) is 4.31 Å². The van der Waals surface area contributed by atoms with Crippen molar-refractivity contribution in [1.29, 1.82) is 5.41 Å². The molecule has 1 atom stereocenters. The summed E-state index contributed by atoms with van der Waals surface area (Å²) >= 11 is 0. The number of amidine groups is 1. The number of nitrogens with zero attached hydrogens (tertiary/aromatic N) is 2. The van der Waals surface area contributed by atoms with Crippen molar-refractivity contribution in [2.24, 2.45) is 5.73 Å². The lowest BCUT2D eigenvalue weighted by atomic mass is 10.1. The summed E-state index contributed by atoms with van der Waals surface area (Å²) in [6.07, 6.45) is -0.637. The van der Waals surface area contributed by atoms with Gasteiger partial charge in [0.05, 0.1) is 11.0 Å². The standard InChI is InChI=1S/C24H31N5O3S/c1-28(17-21(30)16-27-20-12-10-19(11-13-20)24(25)26)14-15-29(2)33(31,32)23-9-5-7-18-6-3-4-8-22(18)23/h3-13,21,27,30H,14-17H2,1-2H3,(H3,25,26). The Hall–Kier alpha value is -2.98. The zero-order chi connectivity index (χ0) is 24.0. The molecule has 0 radical (unpaired) electrons. The van der Waals surface area contributed by atoms with E-state index in [1.807, 2.05) is 42.3 Å². The zero-order valence-electron chi connectivity index (χ0n) is 18.9. The first-order chi connectivity index (χ1) is 15.7. The van der Waals surface area contributed by atoms with Crippen LogP contribution in [0.25, 0.3) is 10.8 Å². The van der Waals surface area contributed by atoms with Crippen LogP contribution in [0.1, 0.15) is 5.56 Å². The number of hydrogen-bond acceptors (Lipinski definition) is 6. The van der Waals surface area contributed by atoms with E-state index in [9.17, 15) is 13.5 Å². The van der Waals surface area contributed by atoms with Crippen molar-refractivity contribution in [3.8, 4) is 0 Å². The highest BCUT2D eigenvalue weighted by atomic mass is 32.2. The number of nitrogens with two attached hydrogens (primary N) is 1. The third-order valence-corrected chi connectivity index (χ3v) is 7.41. The summed E-state index contributed by atoms with van der Waals surface area (Å²) < 4.78 is 27.6. The molecule has 5 N–H and O–H groups in total. The molecule has 0 aliphatic rings. The Morgan fingerprint density at radius 1 is 1.03 bits per heavy atom. The zero-order valence-corrected chi connectivity index (χ0v) is 19.7. The van der Waals surface area contributed by atoms with Gasteiger partial charge in [0.2, 0.25) is 10.0 Å². The highest BCUT2D eigenvalue weighted by Gasteiger charge is 2.23.